The largest absolute Gasteiger partial charge is 0.495 e. The molecule has 2 heterocycles. The summed E-state index contributed by atoms with van der Waals surface area (Å²) in [7, 11) is 1.37. The van der Waals surface area contributed by atoms with E-state index >= 15 is 0 Å². The first-order chi connectivity index (χ1) is 16.3. The Kier molecular flexibility index (Phi) is 6.48. The SMILES string of the molecule is COc1ccc([N+](=O)[O-])cc1NC(=O)COC(=O)c1cc2c(C)nn(-c3ccccc3Cl)c2s1. The summed E-state index contributed by atoms with van der Waals surface area (Å²) < 4.78 is 11.9. The zero-order valence-electron chi connectivity index (χ0n) is 17.9. The van der Waals surface area contributed by atoms with Crippen LogP contribution in [0.1, 0.15) is 15.4 Å². The van der Waals surface area contributed by atoms with Gasteiger partial charge in [0.1, 0.15) is 15.5 Å². The van der Waals surface area contributed by atoms with Crippen molar-refractivity contribution in [2.45, 2.75) is 6.92 Å². The molecule has 0 radical (unpaired) electrons. The normalized spacial score (nSPS) is 10.8. The van der Waals surface area contributed by atoms with Crippen LogP contribution >= 0.6 is 22.9 Å². The van der Waals surface area contributed by atoms with Gasteiger partial charge in [-0.3, -0.25) is 14.9 Å². The molecule has 0 atom stereocenters. The van der Waals surface area contributed by atoms with Gasteiger partial charge in [-0.05, 0) is 31.2 Å². The molecule has 2 aromatic carbocycles. The Morgan fingerprint density at radius 3 is 2.71 bits per heavy atom. The highest BCUT2D eigenvalue weighted by Crippen LogP contribution is 2.33. The number of hydrogen-bond acceptors (Lipinski definition) is 8. The van der Waals surface area contributed by atoms with Gasteiger partial charge in [0.05, 0.1) is 34.1 Å². The van der Waals surface area contributed by atoms with Crippen molar-refractivity contribution in [3.63, 3.8) is 0 Å². The number of aryl methyl sites for hydroxylation is 1. The number of aromatic nitrogens is 2. The lowest BCUT2D eigenvalue weighted by atomic mass is 10.2. The lowest BCUT2D eigenvalue weighted by Crippen LogP contribution is -2.21. The number of methoxy groups -OCH3 is 1. The maximum atomic E-state index is 12.6. The molecule has 0 aliphatic heterocycles. The Labute approximate surface area is 201 Å². The molecule has 1 amide bonds. The number of carbonyl (C=O) groups is 2. The van der Waals surface area contributed by atoms with E-state index in [9.17, 15) is 19.7 Å². The van der Waals surface area contributed by atoms with Crippen LogP contribution in [0.2, 0.25) is 5.02 Å². The molecule has 0 fully saturated rings. The molecule has 0 bridgehead atoms. The number of hydrogen-bond donors (Lipinski definition) is 1. The van der Waals surface area contributed by atoms with Gasteiger partial charge in [0.2, 0.25) is 0 Å². The first-order valence-electron chi connectivity index (χ1n) is 9.82. The molecular formula is C22H17ClN4O6S. The van der Waals surface area contributed by atoms with E-state index in [0.29, 0.717) is 21.2 Å². The molecule has 0 unspecified atom stereocenters. The number of nitrogens with one attached hydrogen (secondary N) is 1. The average Bonchev–Trinajstić information content (AvgIpc) is 3.38. The fraction of sp³-hybridized carbons (Fsp3) is 0.136. The second kappa shape index (κ2) is 9.49. The number of ether oxygens (including phenoxy) is 2. The summed E-state index contributed by atoms with van der Waals surface area (Å²) in [5, 5.41) is 19.2. The van der Waals surface area contributed by atoms with Crippen LogP contribution < -0.4 is 10.1 Å². The predicted molar refractivity (Wildman–Crippen MR) is 127 cm³/mol. The summed E-state index contributed by atoms with van der Waals surface area (Å²) in [4.78, 5) is 36.3. The van der Waals surface area contributed by atoms with Crippen molar-refractivity contribution in [3.8, 4) is 11.4 Å². The summed E-state index contributed by atoms with van der Waals surface area (Å²) in [5.41, 5.74) is 1.26. The van der Waals surface area contributed by atoms with Crippen molar-refractivity contribution in [3.05, 3.63) is 74.2 Å². The van der Waals surface area contributed by atoms with E-state index in [2.05, 4.69) is 10.4 Å². The molecule has 1 N–H and O–H groups in total. The molecule has 0 saturated carbocycles. The zero-order chi connectivity index (χ0) is 24.4. The van der Waals surface area contributed by atoms with E-state index in [0.717, 1.165) is 22.8 Å². The Morgan fingerprint density at radius 1 is 1.24 bits per heavy atom. The minimum atomic E-state index is -0.688. The Bertz CT molecular complexity index is 1430. The van der Waals surface area contributed by atoms with E-state index in [1.165, 1.54) is 19.2 Å². The molecule has 2 aromatic heterocycles. The van der Waals surface area contributed by atoms with Crippen LogP contribution in [0.25, 0.3) is 15.9 Å². The van der Waals surface area contributed by atoms with Crippen molar-refractivity contribution in [2.24, 2.45) is 0 Å². The van der Waals surface area contributed by atoms with E-state index in [1.54, 1.807) is 16.8 Å². The number of fused-ring (bicyclic) bond motifs is 1. The van der Waals surface area contributed by atoms with Gasteiger partial charge in [-0.15, -0.1) is 11.3 Å². The lowest BCUT2D eigenvalue weighted by molar-refractivity contribution is -0.384. The number of rotatable bonds is 7. The van der Waals surface area contributed by atoms with E-state index in [4.69, 9.17) is 21.1 Å². The summed E-state index contributed by atoms with van der Waals surface area (Å²) in [5.74, 6) is -1.13. The fourth-order valence-electron chi connectivity index (χ4n) is 3.23. The standard InChI is InChI=1S/C22H17ClN4O6S/c1-12-14-10-19(34-21(14)26(25-12)17-6-4-3-5-15(17)23)22(29)33-11-20(28)24-16-9-13(27(30)31)7-8-18(16)32-2/h3-10H,11H2,1-2H3,(H,24,28). The Morgan fingerprint density at radius 2 is 2.00 bits per heavy atom. The fourth-order valence-corrected chi connectivity index (χ4v) is 4.52. The van der Waals surface area contributed by atoms with Crippen molar-refractivity contribution in [1.29, 1.82) is 0 Å². The number of halogens is 1. The van der Waals surface area contributed by atoms with Crippen molar-refractivity contribution < 1.29 is 24.0 Å². The maximum Gasteiger partial charge on any atom is 0.348 e. The smallest absolute Gasteiger partial charge is 0.348 e. The molecule has 0 spiro atoms. The van der Waals surface area contributed by atoms with Gasteiger partial charge < -0.3 is 14.8 Å². The monoisotopic (exact) mass is 500 g/mol. The van der Waals surface area contributed by atoms with E-state index in [1.807, 2.05) is 25.1 Å². The number of anilines is 1. The molecule has 174 valence electrons. The first kappa shape index (κ1) is 23.2. The van der Waals surface area contributed by atoms with Gasteiger partial charge in [0.25, 0.3) is 11.6 Å². The minimum absolute atomic E-state index is 0.0927. The molecule has 0 aliphatic rings. The van der Waals surface area contributed by atoms with Crippen LogP contribution in [-0.2, 0) is 9.53 Å². The van der Waals surface area contributed by atoms with Crippen LogP contribution in [0.5, 0.6) is 5.75 Å². The molecule has 12 heteroatoms. The number of esters is 1. The molecule has 34 heavy (non-hydrogen) atoms. The van der Waals surface area contributed by atoms with Crippen molar-refractivity contribution >= 4 is 56.4 Å². The number of non-ortho nitro benzene ring substituents is 1. The molecule has 4 rings (SSSR count). The third-order valence-electron chi connectivity index (χ3n) is 4.83. The lowest BCUT2D eigenvalue weighted by Gasteiger charge is -2.10. The minimum Gasteiger partial charge on any atom is -0.495 e. The average molecular weight is 501 g/mol. The quantitative estimate of drug-likeness (QED) is 0.220. The summed E-state index contributed by atoms with van der Waals surface area (Å²) in [6, 6.07) is 12.6. The van der Waals surface area contributed by atoms with Crippen LogP contribution in [0.4, 0.5) is 11.4 Å². The Hall–Kier alpha value is -3.96. The van der Waals surface area contributed by atoms with E-state index < -0.39 is 23.4 Å². The maximum absolute atomic E-state index is 12.6. The first-order valence-corrected chi connectivity index (χ1v) is 11.0. The molecular weight excluding hydrogens is 484 g/mol. The van der Waals surface area contributed by atoms with Gasteiger partial charge in [-0.25, -0.2) is 9.48 Å². The number of nitro groups is 1. The summed E-state index contributed by atoms with van der Waals surface area (Å²) in [6.45, 7) is 1.23. The van der Waals surface area contributed by atoms with Crippen molar-refractivity contribution in [1.82, 2.24) is 9.78 Å². The second-order valence-electron chi connectivity index (χ2n) is 7.04. The third kappa shape index (κ3) is 4.56. The molecule has 4 aromatic rings. The van der Waals surface area contributed by atoms with Gasteiger partial charge in [0.15, 0.2) is 6.61 Å². The summed E-state index contributed by atoms with van der Waals surface area (Å²) >= 11 is 7.46. The number of nitro benzene ring substituents is 1. The number of carbonyl (C=O) groups excluding carboxylic acids is 2. The highest BCUT2D eigenvalue weighted by molar-refractivity contribution is 7.20. The van der Waals surface area contributed by atoms with Gasteiger partial charge in [-0.1, -0.05) is 23.7 Å². The molecule has 10 nitrogen and oxygen atoms in total. The van der Waals surface area contributed by atoms with Crippen LogP contribution in [0.3, 0.4) is 0 Å². The topological polar surface area (TPSA) is 126 Å². The highest BCUT2D eigenvalue weighted by atomic mass is 35.5. The van der Waals surface area contributed by atoms with Crippen LogP contribution in [-0.4, -0.2) is 40.3 Å². The second-order valence-corrected chi connectivity index (χ2v) is 8.48. The number of amides is 1. The highest BCUT2D eigenvalue weighted by Gasteiger charge is 2.20. The number of benzene rings is 2. The predicted octanol–water partition coefficient (Wildman–Crippen LogP) is 4.76. The summed E-state index contributed by atoms with van der Waals surface area (Å²) in [6.07, 6.45) is 0. The Balaban J connectivity index is 1.49. The molecule has 0 aliphatic carbocycles. The third-order valence-corrected chi connectivity index (χ3v) is 6.24. The van der Waals surface area contributed by atoms with Crippen LogP contribution in [0.15, 0.2) is 48.5 Å². The van der Waals surface area contributed by atoms with Gasteiger partial charge in [0, 0.05) is 17.5 Å². The van der Waals surface area contributed by atoms with Gasteiger partial charge >= 0.3 is 5.97 Å². The van der Waals surface area contributed by atoms with Gasteiger partial charge in [-0.2, -0.15) is 5.10 Å². The number of thiophene rings is 1. The van der Waals surface area contributed by atoms with Crippen molar-refractivity contribution in [2.75, 3.05) is 19.0 Å². The number of nitrogens with zero attached hydrogens (tertiary/aromatic N) is 3. The molecule has 0 saturated heterocycles. The number of para-hydroxylation sites is 1. The zero-order valence-corrected chi connectivity index (χ0v) is 19.5. The van der Waals surface area contributed by atoms with Crippen LogP contribution in [0, 0.1) is 17.0 Å². The van der Waals surface area contributed by atoms with E-state index in [-0.39, 0.29) is 22.0 Å².